The van der Waals surface area contributed by atoms with Crippen molar-refractivity contribution in [3.05, 3.63) is 36.0 Å². The van der Waals surface area contributed by atoms with E-state index in [-0.39, 0.29) is 0 Å². The molecule has 0 bridgehead atoms. The number of H-pyrrole nitrogens is 1. The van der Waals surface area contributed by atoms with Crippen molar-refractivity contribution >= 4 is 21.9 Å². The minimum absolute atomic E-state index is 0.620. The molecule has 1 aromatic carbocycles. The average molecular weight is 252 g/mol. The van der Waals surface area contributed by atoms with Gasteiger partial charge < -0.3 is 10.3 Å². The second kappa shape index (κ2) is 4.31. The Morgan fingerprint density at radius 1 is 1.00 bits per heavy atom. The van der Waals surface area contributed by atoms with Crippen molar-refractivity contribution < 1.29 is 0 Å². The molecule has 2 N–H and O–H groups in total. The number of nitrogens with one attached hydrogen (secondary N) is 2. The SMILES string of the molecule is c1ccc2c(c1)nnc1[nH]c(C3CCNCC3)cc12. The Labute approximate surface area is 111 Å². The third-order valence-electron chi connectivity index (χ3n) is 4.05. The van der Waals surface area contributed by atoms with Crippen LogP contribution in [0, 0.1) is 0 Å². The van der Waals surface area contributed by atoms with Crippen LogP contribution in [0.2, 0.25) is 0 Å². The first-order chi connectivity index (χ1) is 9.42. The first kappa shape index (κ1) is 10.9. The van der Waals surface area contributed by atoms with Gasteiger partial charge in [-0.3, -0.25) is 0 Å². The molecular formula is C15H16N4. The maximum atomic E-state index is 4.30. The topological polar surface area (TPSA) is 53.6 Å². The summed E-state index contributed by atoms with van der Waals surface area (Å²) in [6.07, 6.45) is 2.39. The summed E-state index contributed by atoms with van der Waals surface area (Å²) in [5.41, 5.74) is 3.18. The van der Waals surface area contributed by atoms with Crippen LogP contribution in [-0.2, 0) is 0 Å². The van der Waals surface area contributed by atoms with Gasteiger partial charge in [-0.25, -0.2) is 0 Å². The molecule has 4 nitrogen and oxygen atoms in total. The van der Waals surface area contributed by atoms with Gasteiger partial charge in [0.2, 0.25) is 0 Å². The van der Waals surface area contributed by atoms with Crippen molar-refractivity contribution in [2.75, 3.05) is 13.1 Å². The van der Waals surface area contributed by atoms with Crippen molar-refractivity contribution in [1.82, 2.24) is 20.5 Å². The lowest BCUT2D eigenvalue weighted by molar-refractivity contribution is 0.455. The maximum absolute atomic E-state index is 4.30. The molecule has 0 atom stereocenters. The number of aromatic amines is 1. The number of fused-ring (bicyclic) bond motifs is 3. The largest absolute Gasteiger partial charge is 0.341 e. The Balaban J connectivity index is 1.88. The predicted octanol–water partition coefficient (Wildman–Crippen LogP) is 2.58. The monoisotopic (exact) mass is 252 g/mol. The van der Waals surface area contributed by atoms with Gasteiger partial charge in [0.1, 0.15) is 0 Å². The minimum Gasteiger partial charge on any atom is -0.341 e. The molecule has 2 aromatic heterocycles. The molecule has 4 heteroatoms. The third-order valence-corrected chi connectivity index (χ3v) is 4.05. The fourth-order valence-electron chi connectivity index (χ4n) is 2.99. The summed E-state index contributed by atoms with van der Waals surface area (Å²) in [5, 5.41) is 14.4. The van der Waals surface area contributed by atoms with E-state index in [1.165, 1.54) is 29.3 Å². The van der Waals surface area contributed by atoms with Crippen LogP contribution in [0.15, 0.2) is 30.3 Å². The van der Waals surface area contributed by atoms with Gasteiger partial charge in [-0.05, 0) is 38.1 Å². The Morgan fingerprint density at radius 2 is 1.84 bits per heavy atom. The first-order valence-corrected chi connectivity index (χ1v) is 6.86. The highest BCUT2D eigenvalue weighted by atomic mass is 15.1. The molecule has 0 saturated carbocycles. The zero-order valence-electron chi connectivity index (χ0n) is 10.7. The van der Waals surface area contributed by atoms with Gasteiger partial charge in [0.15, 0.2) is 5.65 Å². The summed E-state index contributed by atoms with van der Waals surface area (Å²) in [6, 6.07) is 10.5. The van der Waals surface area contributed by atoms with Crippen molar-refractivity contribution in [2.24, 2.45) is 0 Å². The van der Waals surface area contributed by atoms with Crippen LogP contribution in [0.4, 0.5) is 0 Å². The van der Waals surface area contributed by atoms with Gasteiger partial charge in [-0.15, -0.1) is 10.2 Å². The quantitative estimate of drug-likeness (QED) is 0.700. The number of nitrogens with zero attached hydrogens (tertiary/aromatic N) is 2. The predicted molar refractivity (Wildman–Crippen MR) is 76.2 cm³/mol. The average Bonchev–Trinajstić information content (AvgIpc) is 2.93. The molecule has 0 radical (unpaired) electrons. The summed E-state index contributed by atoms with van der Waals surface area (Å²) < 4.78 is 0. The van der Waals surface area contributed by atoms with Gasteiger partial charge in [0, 0.05) is 22.4 Å². The van der Waals surface area contributed by atoms with Crippen molar-refractivity contribution in [3.8, 4) is 0 Å². The van der Waals surface area contributed by atoms with Gasteiger partial charge in [0.05, 0.1) is 5.52 Å². The van der Waals surface area contributed by atoms with Crippen molar-refractivity contribution in [3.63, 3.8) is 0 Å². The van der Waals surface area contributed by atoms with Gasteiger partial charge in [-0.1, -0.05) is 18.2 Å². The highest BCUT2D eigenvalue weighted by Crippen LogP contribution is 2.29. The normalized spacial score (nSPS) is 17.3. The van der Waals surface area contributed by atoms with Gasteiger partial charge in [-0.2, -0.15) is 0 Å². The number of piperidine rings is 1. The number of aromatic nitrogens is 3. The molecule has 96 valence electrons. The minimum atomic E-state index is 0.620. The molecule has 1 fully saturated rings. The van der Waals surface area contributed by atoms with E-state index in [1.807, 2.05) is 12.1 Å². The molecule has 1 saturated heterocycles. The Morgan fingerprint density at radius 3 is 2.74 bits per heavy atom. The van der Waals surface area contributed by atoms with E-state index in [2.05, 4.69) is 38.7 Å². The lowest BCUT2D eigenvalue weighted by Gasteiger charge is -2.21. The van der Waals surface area contributed by atoms with E-state index in [4.69, 9.17) is 0 Å². The molecule has 19 heavy (non-hydrogen) atoms. The van der Waals surface area contributed by atoms with Crippen molar-refractivity contribution in [1.29, 1.82) is 0 Å². The van der Waals surface area contributed by atoms with Crippen LogP contribution < -0.4 is 5.32 Å². The fraction of sp³-hybridized carbons (Fsp3) is 0.333. The molecule has 1 aliphatic rings. The lowest BCUT2D eigenvalue weighted by atomic mass is 9.94. The van der Waals surface area contributed by atoms with E-state index >= 15 is 0 Å². The molecule has 1 aliphatic heterocycles. The Hall–Kier alpha value is -1.94. The van der Waals surface area contributed by atoms with Crippen LogP contribution in [0.5, 0.6) is 0 Å². The van der Waals surface area contributed by atoms with Crippen LogP contribution in [0.3, 0.4) is 0 Å². The second-order valence-corrected chi connectivity index (χ2v) is 5.23. The standard InChI is InChI=1S/C15H16N4/c1-2-4-13-11(3-1)12-9-14(17-15(12)19-18-13)10-5-7-16-8-6-10/h1-4,9-10,16H,5-8H2,(H,17,19). The summed E-state index contributed by atoms with van der Waals surface area (Å²) in [4.78, 5) is 3.46. The molecule has 0 aliphatic carbocycles. The van der Waals surface area contributed by atoms with Crippen LogP contribution in [-0.4, -0.2) is 28.3 Å². The zero-order valence-corrected chi connectivity index (χ0v) is 10.7. The zero-order chi connectivity index (χ0) is 12.7. The summed E-state index contributed by atoms with van der Waals surface area (Å²) in [7, 11) is 0. The summed E-state index contributed by atoms with van der Waals surface area (Å²) in [5.74, 6) is 0.620. The molecule has 4 rings (SSSR count). The van der Waals surface area contributed by atoms with Crippen LogP contribution >= 0.6 is 0 Å². The summed E-state index contributed by atoms with van der Waals surface area (Å²) >= 11 is 0. The third kappa shape index (κ3) is 1.79. The first-order valence-electron chi connectivity index (χ1n) is 6.86. The highest BCUT2D eigenvalue weighted by Gasteiger charge is 2.18. The van der Waals surface area contributed by atoms with Gasteiger partial charge in [0.25, 0.3) is 0 Å². The van der Waals surface area contributed by atoms with E-state index in [1.54, 1.807) is 0 Å². The number of benzene rings is 1. The number of hydrogen-bond donors (Lipinski definition) is 2. The van der Waals surface area contributed by atoms with Crippen molar-refractivity contribution in [2.45, 2.75) is 18.8 Å². The van der Waals surface area contributed by atoms with E-state index in [0.717, 1.165) is 24.3 Å². The van der Waals surface area contributed by atoms with E-state index in [9.17, 15) is 0 Å². The van der Waals surface area contributed by atoms with E-state index < -0.39 is 0 Å². The molecule has 3 heterocycles. The highest BCUT2D eigenvalue weighted by molar-refractivity contribution is 6.02. The smallest absolute Gasteiger partial charge is 0.160 e. The Bertz CT molecular complexity index is 725. The Kier molecular flexibility index (Phi) is 2.48. The maximum Gasteiger partial charge on any atom is 0.160 e. The molecular weight excluding hydrogens is 236 g/mol. The second-order valence-electron chi connectivity index (χ2n) is 5.23. The molecule has 0 unspecified atom stereocenters. The van der Waals surface area contributed by atoms with Crippen LogP contribution in [0.1, 0.15) is 24.5 Å². The van der Waals surface area contributed by atoms with Gasteiger partial charge >= 0.3 is 0 Å². The number of hydrogen-bond acceptors (Lipinski definition) is 3. The fourth-order valence-corrected chi connectivity index (χ4v) is 2.99. The molecule has 3 aromatic rings. The van der Waals surface area contributed by atoms with E-state index in [0.29, 0.717) is 5.92 Å². The molecule has 0 spiro atoms. The van der Waals surface area contributed by atoms with Crippen LogP contribution in [0.25, 0.3) is 21.9 Å². The number of rotatable bonds is 1. The lowest BCUT2D eigenvalue weighted by Crippen LogP contribution is -2.26. The summed E-state index contributed by atoms with van der Waals surface area (Å²) in [6.45, 7) is 2.21. The molecule has 0 amide bonds.